The van der Waals surface area contributed by atoms with Gasteiger partial charge >= 0.3 is 0 Å². The van der Waals surface area contributed by atoms with Gasteiger partial charge in [-0.2, -0.15) is 0 Å². The van der Waals surface area contributed by atoms with Gasteiger partial charge in [0.15, 0.2) is 0 Å². The van der Waals surface area contributed by atoms with Crippen molar-refractivity contribution >= 4 is 15.9 Å². The zero-order valence-corrected chi connectivity index (χ0v) is 9.46. The molecule has 0 N–H and O–H groups in total. The molecule has 0 spiro atoms. The van der Waals surface area contributed by atoms with Crippen LogP contribution in [-0.2, 0) is 0 Å². The second-order valence-corrected chi connectivity index (χ2v) is 5.00. The summed E-state index contributed by atoms with van der Waals surface area (Å²) in [5, 5.41) is 0. The molecule has 0 aromatic heterocycles. The maximum absolute atomic E-state index is 3.58. The maximum Gasteiger partial charge on any atom is 0.0296 e. The summed E-state index contributed by atoms with van der Waals surface area (Å²) in [6.07, 6.45) is 10.7. The fourth-order valence-corrected chi connectivity index (χ4v) is 2.69. The molecule has 0 bridgehead atoms. The number of rotatable bonds is 2. The Morgan fingerprint density at radius 2 is 2.15 bits per heavy atom. The van der Waals surface area contributed by atoms with E-state index in [0.29, 0.717) is 0 Å². The number of nitrogens with zero attached hydrogens (tertiary/aromatic N) is 1. The van der Waals surface area contributed by atoms with Gasteiger partial charge in [-0.15, -0.1) is 0 Å². The predicted molar refractivity (Wildman–Crippen MR) is 59.9 cm³/mol. The summed E-state index contributed by atoms with van der Waals surface area (Å²) in [4.78, 5) is 2.56. The molecule has 2 rings (SSSR count). The van der Waals surface area contributed by atoms with Crippen LogP contribution < -0.4 is 0 Å². The normalized spacial score (nSPS) is 25.2. The summed E-state index contributed by atoms with van der Waals surface area (Å²) < 4.78 is 1.37. The molecule has 1 heterocycles. The zero-order valence-electron chi connectivity index (χ0n) is 7.88. The van der Waals surface area contributed by atoms with Crippen molar-refractivity contribution in [1.29, 1.82) is 0 Å². The van der Waals surface area contributed by atoms with Gasteiger partial charge in [0.2, 0.25) is 0 Å². The van der Waals surface area contributed by atoms with Gasteiger partial charge < -0.3 is 0 Å². The summed E-state index contributed by atoms with van der Waals surface area (Å²) in [6.45, 7) is 3.64. The van der Waals surface area contributed by atoms with E-state index >= 15 is 0 Å². The molecule has 0 saturated heterocycles. The van der Waals surface area contributed by atoms with E-state index in [1.165, 1.54) is 36.8 Å². The average Bonchev–Trinajstić information content (AvgIpc) is 2.57. The van der Waals surface area contributed by atoms with Crippen LogP contribution in [-0.4, -0.2) is 24.5 Å². The molecule has 2 aliphatic rings. The van der Waals surface area contributed by atoms with Crippen LogP contribution >= 0.6 is 15.9 Å². The lowest BCUT2D eigenvalue weighted by molar-refractivity contribution is 0.252. The standard InChI is InChI=1S/C11H16BrN/c12-11-6-3-7-13(9-11)8-10-4-1-2-5-10/h1-2,6,10H,3-5,7-9H2. The van der Waals surface area contributed by atoms with Crippen LogP contribution in [0, 0.1) is 5.92 Å². The molecule has 0 unspecified atom stereocenters. The molecule has 0 saturated carbocycles. The van der Waals surface area contributed by atoms with Gasteiger partial charge in [0, 0.05) is 24.1 Å². The van der Waals surface area contributed by atoms with Crippen molar-refractivity contribution in [3.8, 4) is 0 Å². The molecule has 1 aliphatic heterocycles. The summed E-state index contributed by atoms with van der Waals surface area (Å²) in [7, 11) is 0. The Balaban J connectivity index is 1.79. The van der Waals surface area contributed by atoms with Crippen molar-refractivity contribution in [2.24, 2.45) is 5.92 Å². The topological polar surface area (TPSA) is 3.24 Å². The first-order chi connectivity index (χ1) is 6.34. The Bertz CT molecular complexity index is 224. The van der Waals surface area contributed by atoms with Crippen molar-refractivity contribution in [3.63, 3.8) is 0 Å². The molecular weight excluding hydrogens is 226 g/mol. The third-order valence-electron chi connectivity index (χ3n) is 2.81. The Kier molecular flexibility index (Phi) is 3.23. The van der Waals surface area contributed by atoms with E-state index in [1.54, 1.807) is 0 Å². The number of hydrogen-bond donors (Lipinski definition) is 0. The molecule has 1 aliphatic carbocycles. The molecule has 1 nitrogen and oxygen atoms in total. The molecule has 0 aromatic rings. The highest BCUT2D eigenvalue weighted by atomic mass is 79.9. The summed E-state index contributed by atoms with van der Waals surface area (Å²) in [5.74, 6) is 0.887. The molecule has 0 radical (unpaired) electrons. The van der Waals surface area contributed by atoms with Crippen LogP contribution in [0.4, 0.5) is 0 Å². The number of halogens is 1. The molecule has 0 aromatic carbocycles. The van der Waals surface area contributed by atoms with Crippen LogP contribution in [0.3, 0.4) is 0 Å². The second kappa shape index (κ2) is 4.43. The van der Waals surface area contributed by atoms with Gasteiger partial charge in [-0.1, -0.05) is 34.2 Å². The minimum absolute atomic E-state index is 0.887. The van der Waals surface area contributed by atoms with Crippen LogP contribution in [0.25, 0.3) is 0 Å². The highest BCUT2D eigenvalue weighted by Gasteiger charge is 2.17. The maximum atomic E-state index is 3.58. The van der Waals surface area contributed by atoms with Gasteiger partial charge in [-0.25, -0.2) is 0 Å². The van der Waals surface area contributed by atoms with Crippen LogP contribution in [0.2, 0.25) is 0 Å². The number of allylic oxidation sites excluding steroid dienone is 2. The lowest BCUT2D eigenvalue weighted by Crippen LogP contribution is -2.32. The summed E-state index contributed by atoms with van der Waals surface area (Å²) >= 11 is 3.58. The Labute approximate surface area is 88.6 Å². The van der Waals surface area contributed by atoms with E-state index in [9.17, 15) is 0 Å². The Morgan fingerprint density at radius 1 is 1.38 bits per heavy atom. The minimum Gasteiger partial charge on any atom is -0.298 e. The lowest BCUT2D eigenvalue weighted by atomic mass is 10.1. The smallest absolute Gasteiger partial charge is 0.0296 e. The van der Waals surface area contributed by atoms with Crippen molar-refractivity contribution in [1.82, 2.24) is 4.90 Å². The van der Waals surface area contributed by atoms with E-state index in [0.717, 1.165) is 12.5 Å². The van der Waals surface area contributed by atoms with Crippen molar-refractivity contribution in [2.75, 3.05) is 19.6 Å². The molecule has 13 heavy (non-hydrogen) atoms. The highest BCUT2D eigenvalue weighted by Crippen LogP contribution is 2.22. The highest BCUT2D eigenvalue weighted by molar-refractivity contribution is 9.11. The van der Waals surface area contributed by atoms with E-state index in [-0.39, 0.29) is 0 Å². The third-order valence-corrected chi connectivity index (χ3v) is 3.38. The van der Waals surface area contributed by atoms with Crippen molar-refractivity contribution < 1.29 is 0 Å². The predicted octanol–water partition coefficient (Wildman–Crippen LogP) is 2.94. The van der Waals surface area contributed by atoms with E-state index < -0.39 is 0 Å². The SMILES string of the molecule is BrC1=CCCN(CC2CC=CC2)C1. The van der Waals surface area contributed by atoms with Gasteiger partial charge in [0.1, 0.15) is 0 Å². The zero-order chi connectivity index (χ0) is 9.10. The van der Waals surface area contributed by atoms with E-state index in [1.807, 2.05) is 0 Å². The van der Waals surface area contributed by atoms with E-state index in [4.69, 9.17) is 0 Å². The van der Waals surface area contributed by atoms with Crippen LogP contribution in [0.1, 0.15) is 19.3 Å². The Morgan fingerprint density at radius 3 is 2.85 bits per heavy atom. The second-order valence-electron chi connectivity index (χ2n) is 3.98. The Hall–Kier alpha value is -0.0800. The first-order valence-corrected chi connectivity index (χ1v) is 5.86. The van der Waals surface area contributed by atoms with Crippen LogP contribution in [0.15, 0.2) is 22.7 Å². The van der Waals surface area contributed by atoms with Crippen LogP contribution in [0.5, 0.6) is 0 Å². The minimum atomic E-state index is 0.887. The van der Waals surface area contributed by atoms with Crippen molar-refractivity contribution in [2.45, 2.75) is 19.3 Å². The average molecular weight is 242 g/mol. The molecule has 0 fully saturated rings. The first-order valence-electron chi connectivity index (χ1n) is 5.06. The fourth-order valence-electron chi connectivity index (χ4n) is 2.10. The molecule has 0 amide bonds. The first kappa shape index (κ1) is 9.47. The quantitative estimate of drug-likeness (QED) is 0.673. The van der Waals surface area contributed by atoms with Gasteiger partial charge in [-0.3, -0.25) is 4.90 Å². The summed E-state index contributed by atoms with van der Waals surface area (Å²) in [6, 6.07) is 0. The van der Waals surface area contributed by atoms with Gasteiger partial charge in [-0.05, 0) is 25.2 Å². The third kappa shape index (κ3) is 2.68. The van der Waals surface area contributed by atoms with E-state index in [2.05, 4.69) is 39.1 Å². The fraction of sp³-hybridized carbons (Fsp3) is 0.636. The lowest BCUT2D eigenvalue weighted by Gasteiger charge is -2.27. The molecule has 0 atom stereocenters. The number of hydrogen-bond acceptors (Lipinski definition) is 1. The molecular formula is C11H16BrN. The summed E-state index contributed by atoms with van der Waals surface area (Å²) in [5.41, 5.74) is 0. The van der Waals surface area contributed by atoms with Gasteiger partial charge in [0.05, 0.1) is 0 Å². The van der Waals surface area contributed by atoms with Gasteiger partial charge in [0.25, 0.3) is 0 Å². The largest absolute Gasteiger partial charge is 0.298 e. The van der Waals surface area contributed by atoms with Crippen molar-refractivity contribution in [3.05, 3.63) is 22.7 Å². The molecule has 72 valence electrons. The monoisotopic (exact) mass is 241 g/mol. The molecule has 2 heteroatoms.